The van der Waals surface area contributed by atoms with Crippen molar-refractivity contribution in [3.63, 3.8) is 0 Å². The van der Waals surface area contributed by atoms with Gasteiger partial charge in [-0.25, -0.2) is 28.1 Å². The number of nitrogens with one attached hydrogen (secondary N) is 1. The van der Waals surface area contributed by atoms with Crippen LogP contribution in [0.15, 0.2) is 36.9 Å². The summed E-state index contributed by atoms with van der Waals surface area (Å²) < 4.78 is 43.1. The third-order valence-electron chi connectivity index (χ3n) is 5.34. The quantitative estimate of drug-likeness (QED) is 0.408. The minimum Gasteiger partial charge on any atom is -0.375 e. The van der Waals surface area contributed by atoms with Gasteiger partial charge in [0.1, 0.15) is 23.5 Å². The van der Waals surface area contributed by atoms with Crippen molar-refractivity contribution < 1.29 is 18.0 Å². The summed E-state index contributed by atoms with van der Waals surface area (Å²) in [5.41, 5.74) is 6.25. The first-order chi connectivity index (χ1) is 15.7. The molecular weight excluding hydrogens is 477 g/mol. The Kier molecular flexibility index (Phi) is 5.09. The Balaban J connectivity index is 1.54. The van der Waals surface area contributed by atoms with Crippen molar-refractivity contribution in [3.05, 3.63) is 53.6 Å². The molecule has 0 spiro atoms. The third kappa shape index (κ3) is 3.53. The number of thiazole rings is 1. The van der Waals surface area contributed by atoms with Gasteiger partial charge in [-0.2, -0.15) is 0 Å². The van der Waals surface area contributed by atoms with Crippen molar-refractivity contribution in [2.24, 2.45) is 0 Å². The Morgan fingerprint density at radius 3 is 2.76 bits per heavy atom. The lowest BCUT2D eigenvalue weighted by Crippen LogP contribution is -2.57. The predicted molar refractivity (Wildman–Crippen MR) is 122 cm³/mol. The molecule has 168 valence electrons. The SMILES string of the molecule is C=C(F)C(=O)N1CC(Nc2ncnc3c(F)c(-c4ccc(F)c5sc(N)nc45)c(Cl)cc23)C1. The van der Waals surface area contributed by atoms with Gasteiger partial charge in [0.2, 0.25) is 0 Å². The van der Waals surface area contributed by atoms with Gasteiger partial charge in [-0.1, -0.05) is 29.5 Å². The van der Waals surface area contributed by atoms with Crippen molar-refractivity contribution in [2.75, 3.05) is 24.1 Å². The van der Waals surface area contributed by atoms with Gasteiger partial charge in [-0.15, -0.1) is 0 Å². The number of hydrogen-bond donors (Lipinski definition) is 2. The first kappa shape index (κ1) is 21.4. The molecule has 0 bridgehead atoms. The molecule has 3 N–H and O–H groups in total. The number of amides is 1. The summed E-state index contributed by atoms with van der Waals surface area (Å²) in [7, 11) is 0. The highest BCUT2D eigenvalue weighted by atomic mass is 35.5. The van der Waals surface area contributed by atoms with Gasteiger partial charge in [0, 0.05) is 29.6 Å². The van der Waals surface area contributed by atoms with Crippen LogP contribution in [0.2, 0.25) is 5.02 Å². The van der Waals surface area contributed by atoms with Gasteiger partial charge < -0.3 is 16.0 Å². The van der Waals surface area contributed by atoms with Gasteiger partial charge in [-0.3, -0.25) is 4.79 Å². The highest BCUT2D eigenvalue weighted by molar-refractivity contribution is 7.22. The number of halogens is 4. The van der Waals surface area contributed by atoms with Crippen LogP contribution < -0.4 is 11.1 Å². The standard InChI is InChI=1S/C21H14ClF3N6OS/c1-8(23)20(32)31-5-9(6-31)29-19-11-4-12(22)14(15(25)16(11)27-7-28-19)10-2-3-13(24)18-17(10)30-21(26)33-18/h2-4,7,9H,1,5-6H2,(H2,26,30)(H,27,28,29). The van der Waals surface area contributed by atoms with Crippen LogP contribution in [0.3, 0.4) is 0 Å². The fourth-order valence-electron chi connectivity index (χ4n) is 3.79. The van der Waals surface area contributed by atoms with Gasteiger partial charge in [-0.05, 0) is 18.2 Å². The first-order valence-corrected chi connectivity index (χ1v) is 10.8. The predicted octanol–water partition coefficient (Wildman–Crippen LogP) is 4.53. The maximum absolute atomic E-state index is 15.7. The molecule has 4 aromatic rings. The van der Waals surface area contributed by atoms with Crippen molar-refractivity contribution in [1.82, 2.24) is 19.9 Å². The van der Waals surface area contributed by atoms with Crippen LogP contribution in [-0.4, -0.2) is 44.9 Å². The van der Waals surface area contributed by atoms with E-state index in [4.69, 9.17) is 17.3 Å². The molecular formula is C21H14ClF3N6OS. The maximum atomic E-state index is 15.7. The Labute approximate surface area is 193 Å². The maximum Gasteiger partial charge on any atom is 0.282 e. The van der Waals surface area contributed by atoms with Gasteiger partial charge >= 0.3 is 0 Å². The monoisotopic (exact) mass is 490 g/mol. The largest absolute Gasteiger partial charge is 0.375 e. The number of nitrogen functional groups attached to an aromatic ring is 1. The first-order valence-electron chi connectivity index (χ1n) is 9.62. The van der Waals surface area contributed by atoms with E-state index in [2.05, 4.69) is 26.8 Å². The summed E-state index contributed by atoms with van der Waals surface area (Å²) in [5, 5.41) is 3.62. The van der Waals surface area contributed by atoms with E-state index >= 15 is 4.39 Å². The number of rotatable bonds is 4. The zero-order chi connectivity index (χ0) is 23.4. The Morgan fingerprint density at radius 2 is 2.03 bits per heavy atom. The summed E-state index contributed by atoms with van der Waals surface area (Å²) in [4.78, 5) is 25.3. The zero-order valence-electron chi connectivity index (χ0n) is 16.7. The highest BCUT2D eigenvalue weighted by Gasteiger charge is 2.32. The van der Waals surface area contributed by atoms with E-state index in [0.29, 0.717) is 11.2 Å². The number of aromatic nitrogens is 3. The molecule has 0 radical (unpaired) electrons. The van der Waals surface area contributed by atoms with E-state index in [1.54, 1.807) is 0 Å². The second kappa shape index (κ2) is 7.85. The number of benzene rings is 2. The number of nitrogens with two attached hydrogens (primary N) is 1. The molecule has 0 atom stereocenters. The number of carbonyl (C=O) groups is 1. The molecule has 2 aromatic heterocycles. The number of hydrogen-bond acceptors (Lipinski definition) is 7. The summed E-state index contributed by atoms with van der Waals surface area (Å²) in [6.45, 7) is 3.47. The molecule has 1 saturated heterocycles. The molecule has 1 fully saturated rings. The minimum absolute atomic E-state index is 0.00281. The van der Waals surface area contributed by atoms with Gasteiger partial charge in [0.25, 0.3) is 5.91 Å². The second-order valence-electron chi connectivity index (χ2n) is 7.45. The number of anilines is 2. The van der Waals surface area contributed by atoms with Crippen molar-refractivity contribution >= 4 is 60.9 Å². The van der Waals surface area contributed by atoms with Crippen LogP contribution in [0, 0.1) is 11.6 Å². The lowest BCUT2D eigenvalue weighted by molar-refractivity contribution is -0.132. The van der Waals surface area contributed by atoms with E-state index in [9.17, 15) is 13.6 Å². The van der Waals surface area contributed by atoms with Crippen LogP contribution in [0.1, 0.15) is 0 Å². The molecule has 7 nitrogen and oxygen atoms in total. The Bertz CT molecular complexity index is 1470. The molecule has 0 aliphatic carbocycles. The lowest BCUT2D eigenvalue weighted by Gasteiger charge is -2.39. The normalized spacial score (nSPS) is 14.0. The van der Waals surface area contributed by atoms with Gasteiger partial charge in [0.05, 0.1) is 21.3 Å². The highest BCUT2D eigenvalue weighted by Crippen LogP contribution is 2.41. The van der Waals surface area contributed by atoms with Crippen molar-refractivity contribution in [3.8, 4) is 11.1 Å². The zero-order valence-corrected chi connectivity index (χ0v) is 18.3. The summed E-state index contributed by atoms with van der Waals surface area (Å²) in [6, 6.07) is 3.89. The van der Waals surface area contributed by atoms with Crippen LogP contribution >= 0.6 is 22.9 Å². The number of fused-ring (bicyclic) bond motifs is 2. The molecule has 5 rings (SSSR count). The average Bonchev–Trinajstić information content (AvgIpc) is 3.14. The lowest BCUT2D eigenvalue weighted by atomic mass is 10.0. The number of carbonyl (C=O) groups excluding carboxylic acids is 1. The van der Waals surface area contributed by atoms with E-state index in [-0.39, 0.29) is 56.1 Å². The third-order valence-corrected chi connectivity index (χ3v) is 6.54. The number of likely N-dealkylation sites (tertiary alicyclic amines) is 1. The molecule has 1 amide bonds. The molecule has 3 heterocycles. The number of nitrogens with zero attached hydrogens (tertiary/aromatic N) is 4. The molecule has 1 aliphatic rings. The van der Waals surface area contributed by atoms with E-state index in [1.165, 1.54) is 29.4 Å². The molecule has 0 saturated carbocycles. The van der Waals surface area contributed by atoms with Crippen LogP contribution in [0.25, 0.3) is 32.2 Å². The summed E-state index contributed by atoms with van der Waals surface area (Å²) >= 11 is 7.43. The molecule has 1 aliphatic heterocycles. The van der Waals surface area contributed by atoms with Gasteiger partial charge in [0.15, 0.2) is 16.8 Å². The van der Waals surface area contributed by atoms with Crippen LogP contribution in [0.5, 0.6) is 0 Å². The molecule has 2 aromatic carbocycles. The van der Waals surface area contributed by atoms with E-state index in [1.807, 2.05) is 0 Å². The Hall–Kier alpha value is -3.44. The van der Waals surface area contributed by atoms with Crippen LogP contribution in [0.4, 0.5) is 24.1 Å². The minimum atomic E-state index is -1.03. The molecule has 12 heteroatoms. The smallest absolute Gasteiger partial charge is 0.282 e. The Morgan fingerprint density at radius 1 is 1.27 bits per heavy atom. The van der Waals surface area contributed by atoms with E-state index in [0.717, 1.165) is 11.3 Å². The second-order valence-corrected chi connectivity index (χ2v) is 8.88. The topological polar surface area (TPSA) is 97.0 Å². The fraction of sp³-hybridized carbons (Fsp3) is 0.143. The average molecular weight is 491 g/mol. The summed E-state index contributed by atoms with van der Waals surface area (Å²) in [6.07, 6.45) is 1.19. The van der Waals surface area contributed by atoms with Crippen LogP contribution in [-0.2, 0) is 4.79 Å². The fourth-order valence-corrected chi connectivity index (χ4v) is 4.84. The molecule has 33 heavy (non-hydrogen) atoms. The molecule has 0 unspecified atom stereocenters. The summed E-state index contributed by atoms with van der Waals surface area (Å²) in [5.74, 6) is -2.72. The van der Waals surface area contributed by atoms with E-state index < -0.39 is 23.4 Å². The van der Waals surface area contributed by atoms with Crippen molar-refractivity contribution in [1.29, 1.82) is 0 Å². The van der Waals surface area contributed by atoms with Crippen molar-refractivity contribution in [2.45, 2.75) is 6.04 Å².